The molecule has 5 atom stereocenters. The zero-order valence-corrected chi connectivity index (χ0v) is 18.4. The van der Waals surface area contributed by atoms with Crippen LogP contribution in [0.15, 0.2) is 42.5 Å². The molecule has 3 heterocycles. The van der Waals surface area contributed by atoms with Gasteiger partial charge in [0.1, 0.15) is 5.75 Å². The highest BCUT2D eigenvalue weighted by Crippen LogP contribution is 2.56. The molecule has 0 aromatic heterocycles. The number of fused-ring (bicyclic) bond motifs is 5. The summed E-state index contributed by atoms with van der Waals surface area (Å²) in [6, 6.07) is 16.3. The Morgan fingerprint density at radius 2 is 2.00 bits per heavy atom. The van der Waals surface area contributed by atoms with E-state index in [-0.39, 0.29) is 17.4 Å². The molecule has 2 N–H and O–H groups in total. The molecular weight excluding hydrogens is 386 g/mol. The standard InChI is InChI=1S/C26H31N3O2/c1-29-22-12-16(23(31-2)14-20(22)19-13-21(19)25(29)30)15-27-24-9-8-18-10-11-26(24,28-18)17-6-4-3-5-7-17/h3-7,12,14,18-19,21,24,27-28H,8-11,13,15H2,1-2H3. The van der Waals surface area contributed by atoms with E-state index >= 15 is 0 Å². The first-order valence-electron chi connectivity index (χ1n) is 11.7. The molecule has 4 aliphatic rings. The van der Waals surface area contributed by atoms with Crippen molar-refractivity contribution >= 4 is 11.6 Å². The van der Waals surface area contributed by atoms with Crippen LogP contribution in [0.2, 0.25) is 0 Å². The molecule has 1 saturated carbocycles. The number of nitrogens with zero attached hydrogens (tertiary/aromatic N) is 1. The molecule has 3 fully saturated rings. The highest BCUT2D eigenvalue weighted by atomic mass is 16.5. The Morgan fingerprint density at radius 1 is 1.16 bits per heavy atom. The topological polar surface area (TPSA) is 53.6 Å². The molecule has 31 heavy (non-hydrogen) atoms. The fourth-order valence-corrected chi connectivity index (χ4v) is 6.41. The number of ether oxygens (including phenoxy) is 1. The minimum atomic E-state index is -0.000386. The first kappa shape index (κ1) is 19.3. The number of nitrogens with one attached hydrogen (secondary N) is 2. The number of hydrogen-bond acceptors (Lipinski definition) is 4. The van der Waals surface area contributed by atoms with E-state index in [1.165, 1.54) is 36.8 Å². The quantitative estimate of drug-likeness (QED) is 0.779. The SMILES string of the molecule is COc1cc2c(cc1CNC1CCC3CCC1(c1ccccc1)N3)N(C)C(=O)C1CC21. The molecular formula is C26H31N3O2. The van der Waals surface area contributed by atoms with Gasteiger partial charge in [-0.15, -0.1) is 0 Å². The van der Waals surface area contributed by atoms with Crippen molar-refractivity contribution in [3.63, 3.8) is 0 Å². The van der Waals surface area contributed by atoms with Crippen LogP contribution in [0.3, 0.4) is 0 Å². The number of methoxy groups -OCH3 is 1. The summed E-state index contributed by atoms with van der Waals surface area (Å²) >= 11 is 0. The van der Waals surface area contributed by atoms with E-state index in [0.29, 0.717) is 18.0 Å². The Bertz CT molecular complexity index is 1020. The van der Waals surface area contributed by atoms with Gasteiger partial charge in [-0.3, -0.25) is 4.79 Å². The fourth-order valence-electron chi connectivity index (χ4n) is 6.41. The third-order valence-electron chi connectivity index (χ3n) is 8.20. The van der Waals surface area contributed by atoms with Gasteiger partial charge in [0.25, 0.3) is 0 Å². The fraction of sp³-hybridized carbons (Fsp3) is 0.500. The van der Waals surface area contributed by atoms with Crippen LogP contribution in [0.25, 0.3) is 0 Å². The van der Waals surface area contributed by atoms with Crippen LogP contribution in [-0.2, 0) is 16.9 Å². The lowest BCUT2D eigenvalue weighted by atomic mass is 9.79. The van der Waals surface area contributed by atoms with Gasteiger partial charge < -0.3 is 20.3 Å². The number of carbonyl (C=O) groups is 1. The van der Waals surface area contributed by atoms with Crippen molar-refractivity contribution in [1.29, 1.82) is 0 Å². The Labute approximate surface area is 184 Å². The molecule has 3 aliphatic heterocycles. The average molecular weight is 418 g/mol. The summed E-state index contributed by atoms with van der Waals surface area (Å²) in [6.45, 7) is 0.734. The van der Waals surface area contributed by atoms with E-state index in [4.69, 9.17) is 4.74 Å². The molecule has 2 bridgehead atoms. The van der Waals surface area contributed by atoms with Crippen molar-refractivity contribution in [3.05, 3.63) is 59.2 Å². The number of benzene rings is 2. The monoisotopic (exact) mass is 417 g/mol. The lowest BCUT2D eigenvalue weighted by Crippen LogP contribution is -2.58. The molecule has 6 rings (SSSR count). The molecule has 0 radical (unpaired) electrons. The summed E-state index contributed by atoms with van der Waals surface area (Å²) in [7, 11) is 3.66. The van der Waals surface area contributed by atoms with Crippen LogP contribution in [0.5, 0.6) is 5.75 Å². The van der Waals surface area contributed by atoms with E-state index in [1.807, 2.05) is 11.9 Å². The second kappa shape index (κ2) is 7.07. The molecule has 5 unspecified atom stereocenters. The second-order valence-electron chi connectivity index (χ2n) is 9.80. The normalized spacial score (nSPS) is 33.1. The molecule has 0 spiro atoms. The van der Waals surface area contributed by atoms with Crippen LogP contribution < -0.4 is 20.3 Å². The number of amides is 1. The summed E-state index contributed by atoms with van der Waals surface area (Å²) in [5.41, 5.74) is 4.84. The molecule has 5 heteroatoms. The van der Waals surface area contributed by atoms with Crippen LogP contribution in [0, 0.1) is 5.92 Å². The maximum atomic E-state index is 12.6. The van der Waals surface area contributed by atoms with Gasteiger partial charge in [-0.2, -0.15) is 0 Å². The van der Waals surface area contributed by atoms with Crippen molar-refractivity contribution in [1.82, 2.24) is 10.6 Å². The van der Waals surface area contributed by atoms with Crippen molar-refractivity contribution in [2.24, 2.45) is 5.92 Å². The lowest BCUT2D eigenvalue weighted by molar-refractivity contribution is -0.119. The average Bonchev–Trinajstić information content (AvgIpc) is 3.54. The highest BCUT2D eigenvalue weighted by molar-refractivity contribution is 6.01. The Hall–Kier alpha value is -2.37. The number of piperidine rings is 1. The molecule has 2 saturated heterocycles. The van der Waals surface area contributed by atoms with E-state index in [0.717, 1.165) is 30.0 Å². The van der Waals surface area contributed by atoms with Crippen LogP contribution in [0.4, 0.5) is 5.69 Å². The zero-order valence-electron chi connectivity index (χ0n) is 18.4. The molecule has 2 aromatic rings. The maximum absolute atomic E-state index is 12.6. The second-order valence-corrected chi connectivity index (χ2v) is 9.80. The number of anilines is 1. The van der Waals surface area contributed by atoms with Gasteiger partial charge in [-0.05, 0) is 61.3 Å². The summed E-state index contributed by atoms with van der Waals surface area (Å²) in [5.74, 6) is 1.76. The van der Waals surface area contributed by atoms with Gasteiger partial charge >= 0.3 is 0 Å². The van der Waals surface area contributed by atoms with E-state index in [2.05, 4.69) is 53.1 Å². The summed E-state index contributed by atoms with van der Waals surface area (Å²) in [5, 5.41) is 7.85. The van der Waals surface area contributed by atoms with E-state index in [9.17, 15) is 4.79 Å². The third kappa shape index (κ3) is 2.94. The maximum Gasteiger partial charge on any atom is 0.230 e. The number of rotatable bonds is 5. The van der Waals surface area contributed by atoms with Gasteiger partial charge in [0, 0.05) is 42.8 Å². The number of hydrogen-bond donors (Lipinski definition) is 2. The van der Waals surface area contributed by atoms with Gasteiger partial charge in [0.15, 0.2) is 0 Å². The summed E-state index contributed by atoms with van der Waals surface area (Å²) < 4.78 is 5.79. The Morgan fingerprint density at radius 3 is 2.81 bits per heavy atom. The highest BCUT2D eigenvalue weighted by Gasteiger charge is 2.51. The first-order chi connectivity index (χ1) is 15.1. The minimum Gasteiger partial charge on any atom is -0.496 e. The molecule has 2 aromatic carbocycles. The molecule has 1 amide bonds. The predicted octanol–water partition coefficient (Wildman–Crippen LogP) is 3.67. The zero-order chi connectivity index (χ0) is 21.2. The van der Waals surface area contributed by atoms with E-state index < -0.39 is 0 Å². The Balaban J connectivity index is 1.29. The molecule has 162 valence electrons. The van der Waals surface area contributed by atoms with Gasteiger partial charge in [-0.25, -0.2) is 0 Å². The van der Waals surface area contributed by atoms with Crippen LogP contribution in [0.1, 0.15) is 54.7 Å². The summed E-state index contributed by atoms with van der Waals surface area (Å²) in [6.07, 6.45) is 5.77. The van der Waals surface area contributed by atoms with Crippen LogP contribution >= 0.6 is 0 Å². The van der Waals surface area contributed by atoms with Crippen molar-refractivity contribution in [2.45, 2.75) is 62.2 Å². The van der Waals surface area contributed by atoms with Crippen LogP contribution in [-0.4, -0.2) is 32.1 Å². The van der Waals surface area contributed by atoms with Crippen molar-refractivity contribution in [2.75, 3.05) is 19.1 Å². The largest absolute Gasteiger partial charge is 0.496 e. The summed E-state index contributed by atoms with van der Waals surface area (Å²) in [4.78, 5) is 14.4. The number of carbonyl (C=O) groups excluding carboxylic acids is 1. The third-order valence-corrected chi connectivity index (χ3v) is 8.20. The van der Waals surface area contributed by atoms with Crippen molar-refractivity contribution in [3.8, 4) is 5.75 Å². The lowest BCUT2D eigenvalue weighted by Gasteiger charge is -2.43. The minimum absolute atomic E-state index is 0.000386. The molecule has 1 aliphatic carbocycles. The van der Waals surface area contributed by atoms with Crippen molar-refractivity contribution < 1.29 is 9.53 Å². The van der Waals surface area contributed by atoms with Gasteiger partial charge in [0.2, 0.25) is 5.91 Å². The van der Waals surface area contributed by atoms with E-state index in [1.54, 1.807) is 7.11 Å². The van der Waals surface area contributed by atoms with Gasteiger partial charge in [0.05, 0.1) is 12.6 Å². The molecule has 5 nitrogen and oxygen atoms in total. The predicted molar refractivity (Wildman–Crippen MR) is 121 cm³/mol. The Kier molecular flexibility index (Phi) is 4.41. The van der Waals surface area contributed by atoms with Gasteiger partial charge in [-0.1, -0.05) is 30.3 Å². The first-order valence-corrected chi connectivity index (χ1v) is 11.7. The smallest absolute Gasteiger partial charge is 0.230 e.